The lowest BCUT2D eigenvalue weighted by molar-refractivity contribution is 0.350. The van der Waals surface area contributed by atoms with Gasteiger partial charge in [-0.1, -0.05) is 13.3 Å². The molecule has 2 N–H and O–H groups in total. The van der Waals surface area contributed by atoms with Crippen molar-refractivity contribution in [2.45, 2.75) is 52.1 Å². The summed E-state index contributed by atoms with van der Waals surface area (Å²) < 4.78 is 2.29. The second kappa shape index (κ2) is 6.23. The van der Waals surface area contributed by atoms with Crippen molar-refractivity contribution in [3.63, 3.8) is 0 Å². The summed E-state index contributed by atoms with van der Waals surface area (Å²) in [7, 11) is 0. The van der Waals surface area contributed by atoms with Crippen molar-refractivity contribution in [2.24, 2.45) is 11.7 Å². The molecule has 18 heavy (non-hydrogen) atoms. The van der Waals surface area contributed by atoms with E-state index in [1.807, 2.05) is 6.20 Å². The molecule has 4 nitrogen and oxygen atoms in total. The van der Waals surface area contributed by atoms with Crippen LogP contribution in [0.15, 0.2) is 12.4 Å². The molecule has 0 spiro atoms. The van der Waals surface area contributed by atoms with Crippen LogP contribution in [0.3, 0.4) is 0 Å². The van der Waals surface area contributed by atoms with Gasteiger partial charge in [0.1, 0.15) is 0 Å². The molecule has 2 rings (SSSR count). The second-order valence-corrected chi connectivity index (χ2v) is 5.46. The third kappa shape index (κ3) is 3.05. The Kier molecular flexibility index (Phi) is 4.64. The van der Waals surface area contributed by atoms with E-state index < -0.39 is 0 Å². The molecule has 4 heteroatoms. The number of aryl methyl sites for hydroxylation is 1. The van der Waals surface area contributed by atoms with Crippen LogP contribution in [-0.4, -0.2) is 28.7 Å². The van der Waals surface area contributed by atoms with Gasteiger partial charge in [-0.05, 0) is 32.1 Å². The topological polar surface area (TPSA) is 47.1 Å². The van der Waals surface area contributed by atoms with Crippen LogP contribution in [0.25, 0.3) is 0 Å². The molecule has 2 heterocycles. The minimum absolute atomic E-state index is 0.326. The molecule has 102 valence electrons. The molecular formula is C14H26N4. The van der Waals surface area contributed by atoms with Crippen molar-refractivity contribution in [1.82, 2.24) is 9.55 Å². The third-order valence-corrected chi connectivity index (χ3v) is 4.01. The molecule has 0 radical (unpaired) electrons. The Morgan fingerprint density at radius 3 is 2.78 bits per heavy atom. The van der Waals surface area contributed by atoms with Crippen LogP contribution in [0.5, 0.6) is 0 Å². The molecule has 1 aromatic rings. The Hall–Kier alpha value is -1.03. The van der Waals surface area contributed by atoms with Crippen molar-refractivity contribution >= 4 is 5.95 Å². The summed E-state index contributed by atoms with van der Waals surface area (Å²) in [6.07, 6.45) is 8.85. The maximum Gasteiger partial charge on any atom is 0.205 e. The van der Waals surface area contributed by atoms with E-state index in [2.05, 4.69) is 34.5 Å². The van der Waals surface area contributed by atoms with E-state index in [0.717, 1.165) is 25.6 Å². The number of hydrogen-bond acceptors (Lipinski definition) is 3. The first-order valence-electron chi connectivity index (χ1n) is 7.24. The van der Waals surface area contributed by atoms with E-state index in [4.69, 9.17) is 5.73 Å². The summed E-state index contributed by atoms with van der Waals surface area (Å²) in [5.74, 6) is 1.83. The summed E-state index contributed by atoms with van der Waals surface area (Å²) in [5, 5.41) is 0. The molecule has 1 fully saturated rings. The number of rotatable bonds is 5. The zero-order chi connectivity index (χ0) is 13.0. The van der Waals surface area contributed by atoms with E-state index in [1.165, 1.54) is 25.7 Å². The van der Waals surface area contributed by atoms with E-state index in [-0.39, 0.29) is 0 Å². The molecule has 0 amide bonds. The smallest absolute Gasteiger partial charge is 0.205 e. The quantitative estimate of drug-likeness (QED) is 0.872. The number of piperidine rings is 1. The van der Waals surface area contributed by atoms with Crippen LogP contribution < -0.4 is 10.6 Å². The van der Waals surface area contributed by atoms with Crippen molar-refractivity contribution in [1.29, 1.82) is 0 Å². The second-order valence-electron chi connectivity index (χ2n) is 5.46. The Labute approximate surface area is 110 Å². The normalized spacial score (nSPS) is 19.2. The van der Waals surface area contributed by atoms with E-state index >= 15 is 0 Å². The van der Waals surface area contributed by atoms with Crippen LogP contribution in [0, 0.1) is 5.92 Å². The van der Waals surface area contributed by atoms with Gasteiger partial charge in [0.15, 0.2) is 0 Å². The van der Waals surface area contributed by atoms with Crippen molar-refractivity contribution in [3.05, 3.63) is 12.4 Å². The van der Waals surface area contributed by atoms with Crippen LogP contribution in [-0.2, 0) is 6.54 Å². The Morgan fingerprint density at radius 1 is 1.44 bits per heavy atom. The summed E-state index contributed by atoms with van der Waals surface area (Å²) in [6.45, 7) is 7.62. The van der Waals surface area contributed by atoms with Crippen molar-refractivity contribution in [2.75, 3.05) is 18.0 Å². The first kappa shape index (κ1) is 13.4. The average Bonchev–Trinajstić information content (AvgIpc) is 2.84. The van der Waals surface area contributed by atoms with Crippen LogP contribution in [0.4, 0.5) is 5.95 Å². The van der Waals surface area contributed by atoms with Crippen LogP contribution in [0.2, 0.25) is 0 Å². The number of nitrogens with zero attached hydrogens (tertiary/aromatic N) is 3. The highest BCUT2D eigenvalue weighted by Crippen LogP contribution is 2.23. The van der Waals surface area contributed by atoms with Gasteiger partial charge in [-0.15, -0.1) is 0 Å². The average molecular weight is 250 g/mol. The number of hydrogen-bond donors (Lipinski definition) is 1. The highest BCUT2D eigenvalue weighted by atomic mass is 15.3. The standard InChI is InChI=1S/C14H26N4/c1-3-4-8-17-11-7-16-14(17)18-9-5-13(6-10-18)12(2)15/h7,11-13H,3-6,8-10,15H2,1-2H3. The van der Waals surface area contributed by atoms with E-state index in [9.17, 15) is 0 Å². The molecule has 0 aromatic carbocycles. The minimum atomic E-state index is 0.326. The van der Waals surface area contributed by atoms with Gasteiger partial charge in [-0.25, -0.2) is 4.98 Å². The predicted molar refractivity (Wildman–Crippen MR) is 75.7 cm³/mol. The molecular weight excluding hydrogens is 224 g/mol. The number of imidazole rings is 1. The lowest BCUT2D eigenvalue weighted by Gasteiger charge is -2.34. The van der Waals surface area contributed by atoms with Gasteiger partial charge in [-0.2, -0.15) is 0 Å². The van der Waals surface area contributed by atoms with E-state index in [0.29, 0.717) is 12.0 Å². The zero-order valence-electron chi connectivity index (χ0n) is 11.7. The Bertz CT molecular complexity index is 350. The molecule has 0 saturated carbocycles. The summed E-state index contributed by atoms with van der Waals surface area (Å²) in [6, 6.07) is 0.326. The SMILES string of the molecule is CCCCn1ccnc1N1CCC(C(C)N)CC1. The Balaban J connectivity index is 1.94. The highest BCUT2D eigenvalue weighted by molar-refractivity contribution is 5.31. The number of anilines is 1. The summed E-state index contributed by atoms with van der Waals surface area (Å²) >= 11 is 0. The third-order valence-electron chi connectivity index (χ3n) is 4.01. The zero-order valence-corrected chi connectivity index (χ0v) is 11.7. The van der Waals surface area contributed by atoms with Gasteiger partial charge >= 0.3 is 0 Å². The van der Waals surface area contributed by atoms with Gasteiger partial charge in [0.2, 0.25) is 5.95 Å². The molecule has 1 unspecified atom stereocenters. The maximum atomic E-state index is 5.99. The molecule has 1 saturated heterocycles. The number of unbranched alkanes of at least 4 members (excludes halogenated alkanes) is 1. The lowest BCUT2D eigenvalue weighted by Crippen LogP contribution is -2.40. The van der Waals surface area contributed by atoms with Gasteiger partial charge in [-0.3, -0.25) is 0 Å². The first-order chi connectivity index (χ1) is 8.72. The van der Waals surface area contributed by atoms with Crippen molar-refractivity contribution in [3.8, 4) is 0 Å². The fraction of sp³-hybridized carbons (Fsp3) is 0.786. The van der Waals surface area contributed by atoms with Crippen LogP contribution >= 0.6 is 0 Å². The molecule has 0 bridgehead atoms. The van der Waals surface area contributed by atoms with Gasteiger partial charge in [0.25, 0.3) is 0 Å². The Morgan fingerprint density at radius 2 is 2.17 bits per heavy atom. The molecule has 1 aliphatic heterocycles. The van der Waals surface area contributed by atoms with Crippen LogP contribution in [0.1, 0.15) is 39.5 Å². The lowest BCUT2D eigenvalue weighted by atomic mass is 9.91. The molecule has 1 atom stereocenters. The molecule has 1 aromatic heterocycles. The van der Waals surface area contributed by atoms with Gasteiger partial charge < -0.3 is 15.2 Å². The number of aromatic nitrogens is 2. The minimum Gasteiger partial charge on any atom is -0.342 e. The maximum absolute atomic E-state index is 5.99. The first-order valence-corrected chi connectivity index (χ1v) is 7.24. The fourth-order valence-corrected chi connectivity index (χ4v) is 2.71. The fourth-order valence-electron chi connectivity index (χ4n) is 2.71. The predicted octanol–water partition coefficient (Wildman–Crippen LogP) is 2.25. The summed E-state index contributed by atoms with van der Waals surface area (Å²) in [5.41, 5.74) is 5.99. The molecule has 0 aliphatic carbocycles. The number of nitrogens with two attached hydrogens (primary N) is 1. The largest absolute Gasteiger partial charge is 0.342 e. The van der Waals surface area contributed by atoms with Crippen molar-refractivity contribution < 1.29 is 0 Å². The molecule has 1 aliphatic rings. The highest BCUT2D eigenvalue weighted by Gasteiger charge is 2.23. The van der Waals surface area contributed by atoms with Gasteiger partial charge in [0.05, 0.1) is 0 Å². The van der Waals surface area contributed by atoms with Gasteiger partial charge in [0, 0.05) is 38.1 Å². The van der Waals surface area contributed by atoms with E-state index in [1.54, 1.807) is 0 Å². The monoisotopic (exact) mass is 250 g/mol. The summed E-state index contributed by atoms with van der Waals surface area (Å²) in [4.78, 5) is 6.93.